The molecule has 142 valence electrons. The Bertz CT molecular complexity index is 858. The van der Waals surface area contributed by atoms with E-state index in [9.17, 15) is 12.8 Å². The van der Waals surface area contributed by atoms with Crippen LogP contribution in [-0.2, 0) is 10.0 Å². The van der Waals surface area contributed by atoms with Gasteiger partial charge in [-0.25, -0.2) is 17.5 Å². The summed E-state index contributed by atoms with van der Waals surface area (Å²) in [6, 6.07) is 4.01. The van der Waals surface area contributed by atoms with Gasteiger partial charge in [-0.2, -0.15) is 9.40 Å². The van der Waals surface area contributed by atoms with E-state index in [0.717, 1.165) is 37.6 Å². The lowest BCUT2D eigenvalue weighted by Crippen LogP contribution is -2.40. The van der Waals surface area contributed by atoms with E-state index in [1.54, 1.807) is 12.4 Å². The Balaban J connectivity index is 1.75. The molecule has 0 bridgehead atoms. The van der Waals surface area contributed by atoms with Crippen LogP contribution in [0.1, 0.15) is 25.3 Å². The van der Waals surface area contributed by atoms with Crippen LogP contribution >= 0.6 is 0 Å². The summed E-state index contributed by atoms with van der Waals surface area (Å²) in [5.41, 5.74) is 1.14. The van der Waals surface area contributed by atoms with Crippen molar-refractivity contribution in [3.8, 4) is 5.69 Å². The van der Waals surface area contributed by atoms with E-state index in [0.29, 0.717) is 19.0 Å². The smallest absolute Gasteiger partial charge is 0.243 e. The van der Waals surface area contributed by atoms with Crippen molar-refractivity contribution < 1.29 is 12.8 Å². The normalized spacial score (nSPS) is 16.9. The first kappa shape index (κ1) is 19.0. The summed E-state index contributed by atoms with van der Waals surface area (Å²) in [6.07, 6.45) is 4.96. The zero-order valence-corrected chi connectivity index (χ0v) is 16.0. The van der Waals surface area contributed by atoms with Gasteiger partial charge in [0.15, 0.2) is 0 Å². The first-order valence-corrected chi connectivity index (χ1v) is 10.4. The highest BCUT2D eigenvalue weighted by Gasteiger charge is 2.29. The zero-order chi connectivity index (χ0) is 18.7. The average Bonchev–Trinajstić information content (AvgIpc) is 3.06. The Hall–Kier alpha value is -1.77. The molecule has 2 aromatic rings. The average molecular weight is 380 g/mol. The van der Waals surface area contributed by atoms with Crippen LogP contribution in [0.4, 0.5) is 4.39 Å². The van der Waals surface area contributed by atoms with Gasteiger partial charge >= 0.3 is 0 Å². The topological polar surface area (TPSA) is 67.2 Å². The fraction of sp³-hybridized carbons (Fsp3) is 0.500. The first-order valence-electron chi connectivity index (χ1n) is 8.94. The van der Waals surface area contributed by atoms with Gasteiger partial charge in [0.2, 0.25) is 10.0 Å². The van der Waals surface area contributed by atoms with E-state index in [2.05, 4.69) is 17.3 Å². The lowest BCUT2D eigenvalue weighted by molar-refractivity contribution is 0.268. The predicted molar refractivity (Wildman–Crippen MR) is 98.3 cm³/mol. The van der Waals surface area contributed by atoms with Crippen LogP contribution in [0.25, 0.3) is 5.69 Å². The maximum absolute atomic E-state index is 14.5. The molecule has 0 radical (unpaired) electrons. The van der Waals surface area contributed by atoms with E-state index in [1.807, 2.05) is 6.92 Å². The van der Waals surface area contributed by atoms with Crippen LogP contribution in [0.5, 0.6) is 0 Å². The molecule has 0 atom stereocenters. The number of halogens is 1. The van der Waals surface area contributed by atoms with Crippen LogP contribution in [0, 0.1) is 18.7 Å². The number of benzene rings is 1. The summed E-state index contributed by atoms with van der Waals surface area (Å²) < 4.78 is 43.0. The maximum Gasteiger partial charge on any atom is 0.243 e. The van der Waals surface area contributed by atoms with Crippen LogP contribution in [0.3, 0.4) is 0 Å². The number of aromatic nitrogens is 2. The highest BCUT2D eigenvalue weighted by atomic mass is 32.2. The quantitative estimate of drug-likeness (QED) is 0.835. The van der Waals surface area contributed by atoms with Crippen molar-refractivity contribution in [1.29, 1.82) is 0 Å². The van der Waals surface area contributed by atoms with Gasteiger partial charge in [-0.3, -0.25) is 0 Å². The van der Waals surface area contributed by atoms with Crippen LogP contribution in [-0.4, -0.2) is 48.7 Å². The fourth-order valence-electron chi connectivity index (χ4n) is 3.23. The van der Waals surface area contributed by atoms with Crippen molar-refractivity contribution in [2.24, 2.45) is 5.92 Å². The summed E-state index contributed by atoms with van der Waals surface area (Å²) in [5, 5.41) is 7.38. The van der Waals surface area contributed by atoms with Crippen molar-refractivity contribution in [1.82, 2.24) is 19.4 Å². The molecule has 0 aliphatic carbocycles. The summed E-state index contributed by atoms with van der Waals surface area (Å²) in [4.78, 5) is -0.00670. The third-order valence-electron chi connectivity index (χ3n) is 4.77. The Morgan fingerprint density at radius 3 is 2.62 bits per heavy atom. The van der Waals surface area contributed by atoms with Gasteiger partial charge in [0.25, 0.3) is 0 Å². The van der Waals surface area contributed by atoms with Crippen molar-refractivity contribution in [2.75, 3.05) is 26.2 Å². The summed E-state index contributed by atoms with van der Waals surface area (Å²) in [7, 11) is -3.68. The van der Waals surface area contributed by atoms with E-state index in [-0.39, 0.29) is 10.6 Å². The highest BCUT2D eigenvalue weighted by Crippen LogP contribution is 2.25. The third kappa shape index (κ3) is 3.97. The van der Waals surface area contributed by atoms with Crippen LogP contribution < -0.4 is 5.32 Å². The Morgan fingerprint density at radius 2 is 2.04 bits per heavy atom. The summed E-state index contributed by atoms with van der Waals surface area (Å²) >= 11 is 0. The molecule has 1 aliphatic heterocycles. The second kappa shape index (κ2) is 7.85. The fourth-order valence-corrected chi connectivity index (χ4v) is 4.71. The Kier molecular flexibility index (Phi) is 5.74. The number of sulfonamides is 1. The van der Waals surface area contributed by atoms with Crippen molar-refractivity contribution in [3.63, 3.8) is 0 Å². The van der Waals surface area contributed by atoms with Crippen molar-refractivity contribution >= 4 is 10.0 Å². The monoisotopic (exact) mass is 380 g/mol. The molecular weight excluding hydrogens is 355 g/mol. The molecule has 1 aromatic carbocycles. The largest absolute Gasteiger partial charge is 0.317 e. The lowest BCUT2D eigenvalue weighted by Gasteiger charge is -2.31. The number of hydrogen-bond donors (Lipinski definition) is 1. The van der Waals surface area contributed by atoms with Crippen LogP contribution in [0.15, 0.2) is 35.5 Å². The molecule has 1 N–H and O–H groups in total. The minimum atomic E-state index is -3.68. The standard InChI is InChI=1S/C18H25FN4O2S/c1-3-20-12-15-6-8-22(9-7-15)26(24,25)16-4-5-18(17(19)10-16)23-13-14(2)11-21-23/h4-5,10-11,13,15,20H,3,6-9,12H2,1-2H3. The SMILES string of the molecule is CCNCC1CCN(S(=O)(=O)c2ccc(-n3cc(C)cn3)c(F)c2)CC1. The van der Waals surface area contributed by atoms with Crippen LogP contribution in [0.2, 0.25) is 0 Å². The second-order valence-corrected chi connectivity index (χ2v) is 8.67. The highest BCUT2D eigenvalue weighted by molar-refractivity contribution is 7.89. The third-order valence-corrected chi connectivity index (χ3v) is 6.67. The van der Waals surface area contributed by atoms with Gasteiger partial charge in [-0.05, 0) is 62.5 Å². The van der Waals surface area contributed by atoms with Gasteiger partial charge in [-0.1, -0.05) is 6.92 Å². The number of hydrogen-bond acceptors (Lipinski definition) is 4. The molecule has 0 amide bonds. The van der Waals surface area contributed by atoms with Gasteiger partial charge in [0, 0.05) is 19.3 Å². The minimum absolute atomic E-state index is 0.00670. The number of nitrogens with zero attached hydrogens (tertiary/aromatic N) is 3. The summed E-state index contributed by atoms with van der Waals surface area (Å²) in [6.45, 7) is 6.69. The van der Waals surface area contributed by atoms with Gasteiger partial charge in [0.05, 0.1) is 11.1 Å². The molecule has 2 heterocycles. The predicted octanol–water partition coefficient (Wildman–Crippen LogP) is 2.33. The zero-order valence-electron chi connectivity index (χ0n) is 15.2. The Labute approximate surface area is 154 Å². The van der Waals surface area contributed by atoms with E-state index in [1.165, 1.54) is 21.1 Å². The van der Waals surface area contributed by atoms with Crippen molar-refractivity contribution in [2.45, 2.75) is 31.6 Å². The molecule has 0 saturated carbocycles. The number of piperidine rings is 1. The van der Waals surface area contributed by atoms with E-state index < -0.39 is 15.8 Å². The molecule has 0 unspecified atom stereocenters. The molecule has 1 aromatic heterocycles. The molecule has 26 heavy (non-hydrogen) atoms. The van der Waals surface area contributed by atoms with Gasteiger partial charge in [-0.15, -0.1) is 0 Å². The molecule has 3 rings (SSSR count). The molecule has 0 spiro atoms. The molecule has 1 aliphatic rings. The summed E-state index contributed by atoms with van der Waals surface area (Å²) in [5.74, 6) is -0.111. The Morgan fingerprint density at radius 1 is 1.31 bits per heavy atom. The van der Waals surface area contributed by atoms with E-state index in [4.69, 9.17) is 0 Å². The van der Waals surface area contributed by atoms with Crippen molar-refractivity contribution in [3.05, 3.63) is 42.0 Å². The number of nitrogens with one attached hydrogen (secondary N) is 1. The maximum atomic E-state index is 14.5. The van der Waals surface area contributed by atoms with Gasteiger partial charge in [0.1, 0.15) is 11.5 Å². The first-order chi connectivity index (χ1) is 12.4. The minimum Gasteiger partial charge on any atom is -0.317 e. The number of aryl methyl sites for hydroxylation is 1. The lowest BCUT2D eigenvalue weighted by atomic mass is 9.98. The molecule has 1 fully saturated rings. The molecule has 8 heteroatoms. The van der Waals surface area contributed by atoms with Gasteiger partial charge < -0.3 is 5.32 Å². The molecule has 1 saturated heterocycles. The second-order valence-electron chi connectivity index (χ2n) is 6.73. The molecule has 6 nitrogen and oxygen atoms in total. The van der Waals surface area contributed by atoms with E-state index >= 15 is 0 Å². The molecular formula is C18H25FN4O2S. The number of rotatable bonds is 6.